The van der Waals surface area contributed by atoms with Crippen LogP contribution in [0, 0.1) is 0 Å². The molecule has 6 nitrogen and oxygen atoms in total. The van der Waals surface area contributed by atoms with E-state index in [1.54, 1.807) is 0 Å². The Morgan fingerprint density at radius 2 is 1.29 bits per heavy atom. The van der Waals surface area contributed by atoms with E-state index in [1.165, 1.54) is 0 Å². The lowest BCUT2D eigenvalue weighted by molar-refractivity contribution is 0.101. The van der Waals surface area contributed by atoms with Crippen LogP contribution in [-0.2, 0) is 18.1 Å². The van der Waals surface area contributed by atoms with Crippen LogP contribution in [-0.4, -0.2) is 43.2 Å². The molecule has 0 fully saturated rings. The van der Waals surface area contributed by atoms with E-state index in [1.807, 2.05) is 6.92 Å². The number of unbranched alkanes of at least 4 members (excludes halogenated alkanes) is 1. The second-order valence-corrected chi connectivity index (χ2v) is 5.12. The number of phosphoric ester groups is 1. The molecule has 2 N–H and O–H groups in total. The average Bonchev–Trinajstić information content (AvgIpc) is 2.30. The molecule has 0 aliphatic carbocycles. The molecule has 0 unspecified atom stereocenters. The zero-order valence-corrected chi connectivity index (χ0v) is 11.2. The molecule has 0 amide bonds. The molecule has 0 radical (unpaired) electrons. The van der Waals surface area contributed by atoms with Crippen molar-refractivity contribution in [1.29, 1.82) is 0 Å². The van der Waals surface area contributed by atoms with Crippen molar-refractivity contribution >= 4 is 7.82 Å². The third kappa shape index (κ3) is 9.71. The molecule has 0 aromatic heterocycles. The topological polar surface area (TPSA) is 85.2 Å². The Labute approximate surface area is 103 Å². The number of aliphatic hydroxyl groups is 2. The van der Waals surface area contributed by atoms with Crippen molar-refractivity contribution < 1.29 is 28.3 Å². The third-order valence-electron chi connectivity index (χ3n) is 1.85. The minimum absolute atomic E-state index is 0.0361. The van der Waals surface area contributed by atoms with Gasteiger partial charge in [0.05, 0.1) is 19.8 Å². The van der Waals surface area contributed by atoms with Crippen molar-refractivity contribution in [3.05, 3.63) is 0 Å². The van der Waals surface area contributed by atoms with Crippen LogP contribution in [0.15, 0.2) is 0 Å². The molecular formula is C10H23O6P. The van der Waals surface area contributed by atoms with Crippen LogP contribution >= 0.6 is 7.82 Å². The van der Waals surface area contributed by atoms with E-state index >= 15 is 0 Å². The van der Waals surface area contributed by atoms with E-state index in [0.29, 0.717) is 19.4 Å². The molecule has 0 heterocycles. The van der Waals surface area contributed by atoms with Gasteiger partial charge in [0, 0.05) is 13.2 Å². The highest BCUT2D eigenvalue weighted by atomic mass is 31.2. The first-order valence-corrected chi connectivity index (χ1v) is 7.40. The Morgan fingerprint density at radius 1 is 0.882 bits per heavy atom. The lowest BCUT2D eigenvalue weighted by atomic mass is 10.4. The number of aliphatic hydroxyl groups excluding tert-OH is 2. The van der Waals surface area contributed by atoms with Crippen LogP contribution in [0.1, 0.15) is 32.6 Å². The second-order valence-electron chi connectivity index (χ2n) is 3.45. The molecule has 0 aliphatic rings. The van der Waals surface area contributed by atoms with Gasteiger partial charge in [0.25, 0.3) is 0 Å². The average molecular weight is 270 g/mol. The molecule has 0 aromatic rings. The third-order valence-corrected chi connectivity index (χ3v) is 3.35. The zero-order valence-electron chi connectivity index (χ0n) is 10.3. The fraction of sp³-hybridized carbons (Fsp3) is 1.00. The van der Waals surface area contributed by atoms with Gasteiger partial charge < -0.3 is 10.2 Å². The number of hydrogen-bond acceptors (Lipinski definition) is 6. The lowest BCUT2D eigenvalue weighted by Crippen LogP contribution is -2.05. The van der Waals surface area contributed by atoms with E-state index in [4.69, 9.17) is 23.8 Å². The van der Waals surface area contributed by atoms with Crippen molar-refractivity contribution in [3.63, 3.8) is 0 Å². The number of rotatable bonds is 12. The normalized spacial score (nSPS) is 11.9. The van der Waals surface area contributed by atoms with Gasteiger partial charge in [-0.1, -0.05) is 13.3 Å². The molecule has 0 spiro atoms. The fourth-order valence-electron chi connectivity index (χ4n) is 0.914. The summed E-state index contributed by atoms with van der Waals surface area (Å²) < 4.78 is 27.2. The summed E-state index contributed by atoms with van der Waals surface area (Å²) in [6.45, 7) is 2.48. The van der Waals surface area contributed by atoms with Crippen molar-refractivity contribution in [2.45, 2.75) is 32.6 Å². The van der Waals surface area contributed by atoms with Gasteiger partial charge in [0.15, 0.2) is 0 Å². The van der Waals surface area contributed by atoms with Crippen LogP contribution in [0.5, 0.6) is 0 Å². The van der Waals surface area contributed by atoms with Crippen LogP contribution in [0.2, 0.25) is 0 Å². The number of hydrogen-bond donors (Lipinski definition) is 2. The van der Waals surface area contributed by atoms with Crippen molar-refractivity contribution in [2.24, 2.45) is 0 Å². The van der Waals surface area contributed by atoms with E-state index in [-0.39, 0.29) is 26.4 Å². The van der Waals surface area contributed by atoms with Crippen LogP contribution in [0.3, 0.4) is 0 Å². The first-order chi connectivity index (χ1) is 8.18. The first-order valence-electron chi connectivity index (χ1n) is 5.94. The van der Waals surface area contributed by atoms with Gasteiger partial charge >= 0.3 is 7.82 Å². The monoisotopic (exact) mass is 270 g/mol. The molecule has 0 aromatic carbocycles. The highest BCUT2D eigenvalue weighted by molar-refractivity contribution is 7.48. The molecular weight excluding hydrogens is 247 g/mol. The maximum Gasteiger partial charge on any atom is 0.474 e. The summed E-state index contributed by atoms with van der Waals surface area (Å²) in [7, 11) is -3.53. The molecule has 0 bridgehead atoms. The molecule has 0 atom stereocenters. The standard InChI is InChI=1S/C10H23O6P/c1-2-3-8-14-17(13,15-9-4-6-11)16-10-5-7-12/h11-12H,2-10H2,1H3. The van der Waals surface area contributed by atoms with Gasteiger partial charge in [-0.25, -0.2) is 4.57 Å². The first kappa shape index (κ1) is 17.0. The summed E-state index contributed by atoms with van der Waals surface area (Å²) >= 11 is 0. The Bertz CT molecular complexity index is 178. The maximum absolute atomic E-state index is 12.0. The molecule has 104 valence electrons. The predicted molar refractivity (Wildman–Crippen MR) is 63.8 cm³/mol. The quantitative estimate of drug-likeness (QED) is 0.415. The van der Waals surface area contributed by atoms with Crippen molar-refractivity contribution in [2.75, 3.05) is 33.0 Å². The van der Waals surface area contributed by atoms with E-state index < -0.39 is 7.82 Å². The second kappa shape index (κ2) is 11.1. The predicted octanol–water partition coefficient (Wildman–Crippen LogP) is 1.71. The largest absolute Gasteiger partial charge is 0.474 e. The van der Waals surface area contributed by atoms with Crippen LogP contribution in [0.4, 0.5) is 0 Å². The summed E-state index contributed by atoms with van der Waals surface area (Å²) in [6, 6.07) is 0. The van der Waals surface area contributed by atoms with Gasteiger partial charge in [0.1, 0.15) is 0 Å². The van der Waals surface area contributed by atoms with E-state index in [0.717, 1.165) is 12.8 Å². The molecule has 17 heavy (non-hydrogen) atoms. The SMILES string of the molecule is CCCCOP(=O)(OCCCO)OCCCO. The molecule has 7 heteroatoms. The van der Waals surface area contributed by atoms with E-state index in [2.05, 4.69) is 0 Å². The van der Waals surface area contributed by atoms with Gasteiger partial charge in [-0.2, -0.15) is 0 Å². The minimum atomic E-state index is -3.53. The summed E-state index contributed by atoms with van der Waals surface area (Å²) in [6.07, 6.45) is 2.46. The Balaban J connectivity index is 4.00. The maximum atomic E-state index is 12.0. The van der Waals surface area contributed by atoms with Crippen molar-refractivity contribution in [3.8, 4) is 0 Å². The Morgan fingerprint density at radius 3 is 1.65 bits per heavy atom. The molecule has 0 aliphatic heterocycles. The lowest BCUT2D eigenvalue weighted by Gasteiger charge is -2.17. The zero-order chi connectivity index (χ0) is 13.0. The van der Waals surface area contributed by atoms with Gasteiger partial charge in [0.2, 0.25) is 0 Å². The molecule has 0 saturated carbocycles. The van der Waals surface area contributed by atoms with Crippen LogP contribution < -0.4 is 0 Å². The summed E-state index contributed by atoms with van der Waals surface area (Å²) in [5, 5.41) is 17.2. The van der Waals surface area contributed by atoms with E-state index in [9.17, 15) is 4.57 Å². The fourth-order valence-corrected chi connectivity index (χ4v) is 2.20. The van der Waals surface area contributed by atoms with Crippen LogP contribution in [0.25, 0.3) is 0 Å². The smallest absolute Gasteiger partial charge is 0.396 e. The highest BCUT2D eigenvalue weighted by Crippen LogP contribution is 2.49. The Kier molecular flexibility index (Phi) is 11.2. The molecule has 0 rings (SSSR count). The Hall–Kier alpha value is 0.0300. The highest BCUT2D eigenvalue weighted by Gasteiger charge is 2.25. The van der Waals surface area contributed by atoms with Gasteiger partial charge in [-0.3, -0.25) is 13.6 Å². The molecule has 0 saturated heterocycles. The van der Waals surface area contributed by atoms with Gasteiger partial charge in [-0.05, 0) is 19.3 Å². The summed E-state index contributed by atoms with van der Waals surface area (Å²) in [5.74, 6) is 0. The number of phosphoric acid groups is 1. The van der Waals surface area contributed by atoms with Crippen molar-refractivity contribution in [1.82, 2.24) is 0 Å². The van der Waals surface area contributed by atoms with Gasteiger partial charge in [-0.15, -0.1) is 0 Å². The minimum Gasteiger partial charge on any atom is -0.396 e. The summed E-state index contributed by atoms with van der Waals surface area (Å²) in [5.41, 5.74) is 0. The summed E-state index contributed by atoms with van der Waals surface area (Å²) in [4.78, 5) is 0.